The van der Waals surface area contributed by atoms with Crippen molar-refractivity contribution in [3.05, 3.63) is 41.0 Å². The van der Waals surface area contributed by atoms with Gasteiger partial charge in [-0.25, -0.2) is 0 Å². The number of allylic oxidation sites excluding steroid dienone is 1. The zero-order valence-corrected chi connectivity index (χ0v) is 9.98. The summed E-state index contributed by atoms with van der Waals surface area (Å²) in [6, 6.07) is 6.99. The van der Waals surface area contributed by atoms with Crippen LogP contribution in [0.3, 0.4) is 0 Å². The smallest absolute Gasteiger partial charge is 0.194 e. The van der Waals surface area contributed by atoms with Gasteiger partial charge in [0.15, 0.2) is 5.78 Å². The average Bonchev–Trinajstić information content (AvgIpc) is 2.64. The first-order valence-electron chi connectivity index (χ1n) is 6.30. The van der Waals surface area contributed by atoms with Crippen molar-refractivity contribution in [3.63, 3.8) is 0 Å². The van der Waals surface area contributed by atoms with Gasteiger partial charge in [0.05, 0.1) is 11.5 Å². The first kappa shape index (κ1) is 11.2. The van der Waals surface area contributed by atoms with Gasteiger partial charge < -0.3 is 5.11 Å². The van der Waals surface area contributed by atoms with E-state index >= 15 is 0 Å². The molecule has 1 atom stereocenters. The lowest BCUT2D eigenvalue weighted by atomic mass is 9.81. The summed E-state index contributed by atoms with van der Waals surface area (Å²) in [4.78, 5) is 24.2. The number of rotatable bonds is 1. The highest BCUT2D eigenvalue weighted by Crippen LogP contribution is 2.38. The van der Waals surface area contributed by atoms with E-state index in [1.165, 1.54) is 0 Å². The Labute approximate surface area is 105 Å². The van der Waals surface area contributed by atoms with E-state index < -0.39 is 5.92 Å². The van der Waals surface area contributed by atoms with Gasteiger partial charge in [-0.2, -0.15) is 0 Å². The van der Waals surface area contributed by atoms with E-state index in [2.05, 4.69) is 0 Å². The van der Waals surface area contributed by atoms with Crippen LogP contribution >= 0.6 is 0 Å². The highest BCUT2D eigenvalue weighted by atomic mass is 16.3. The van der Waals surface area contributed by atoms with Crippen LogP contribution in [-0.4, -0.2) is 16.7 Å². The summed E-state index contributed by atoms with van der Waals surface area (Å²) < 4.78 is 0. The van der Waals surface area contributed by atoms with E-state index in [1.807, 2.05) is 0 Å². The third-order valence-electron chi connectivity index (χ3n) is 3.83. The maximum Gasteiger partial charge on any atom is 0.194 e. The highest BCUT2D eigenvalue weighted by Gasteiger charge is 2.38. The summed E-state index contributed by atoms with van der Waals surface area (Å²) in [6.45, 7) is 0. The first-order valence-corrected chi connectivity index (χ1v) is 6.30. The Morgan fingerprint density at radius 2 is 1.78 bits per heavy atom. The Bertz CT molecular complexity index is 569. The summed E-state index contributed by atoms with van der Waals surface area (Å²) >= 11 is 0. The normalized spacial score (nSPS) is 23.4. The number of fused-ring (bicyclic) bond motifs is 1. The minimum absolute atomic E-state index is 0.0100. The van der Waals surface area contributed by atoms with Crippen molar-refractivity contribution in [2.45, 2.75) is 25.7 Å². The van der Waals surface area contributed by atoms with Gasteiger partial charge in [0.25, 0.3) is 0 Å². The van der Waals surface area contributed by atoms with E-state index in [9.17, 15) is 14.7 Å². The Morgan fingerprint density at radius 1 is 1.06 bits per heavy atom. The molecule has 1 N–H and O–H groups in total. The molecule has 3 rings (SSSR count). The minimum Gasteiger partial charge on any atom is -0.507 e. The molecule has 0 saturated heterocycles. The number of Topliss-reactive ketones (excluding diaryl/α,β-unsaturated/α-hetero) is 2. The van der Waals surface area contributed by atoms with Gasteiger partial charge >= 0.3 is 0 Å². The van der Waals surface area contributed by atoms with Crippen molar-refractivity contribution < 1.29 is 14.7 Å². The quantitative estimate of drug-likeness (QED) is 0.823. The van der Waals surface area contributed by atoms with Crippen LogP contribution in [0.25, 0.3) is 5.76 Å². The van der Waals surface area contributed by atoms with Crippen molar-refractivity contribution in [2.75, 3.05) is 0 Å². The van der Waals surface area contributed by atoms with Crippen LogP contribution in [0.15, 0.2) is 29.8 Å². The van der Waals surface area contributed by atoms with Crippen LogP contribution in [0.2, 0.25) is 0 Å². The zero-order valence-electron chi connectivity index (χ0n) is 9.98. The maximum atomic E-state index is 12.3. The highest BCUT2D eigenvalue weighted by molar-refractivity contribution is 6.21. The van der Waals surface area contributed by atoms with Gasteiger partial charge in [-0.3, -0.25) is 9.59 Å². The van der Waals surface area contributed by atoms with Crippen LogP contribution in [0.1, 0.15) is 41.6 Å². The van der Waals surface area contributed by atoms with Gasteiger partial charge in [0, 0.05) is 17.5 Å². The lowest BCUT2D eigenvalue weighted by molar-refractivity contribution is -0.123. The van der Waals surface area contributed by atoms with E-state index in [-0.39, 0.29) is 17.3 Å². The summed E-state index contributed by atoms with van der Waals surface area (Å²) in [5.74, 6) is -0.484. The Hall–Kier alpha value is -1.90. The van der Waals surface area contributed by atoms with Crippen LogP contribution in [0, 0.1) is 5.92 Å². The summed E-state index contributed by atoms with van der Waals surface area (Å²) in [7, 11) is 0. The van der Waals surface area contributed by atoms with E-state index in [1.54, 1.807) is 24.3 Å². The number of aliphatic hydroxyl groups is 1. The van der Waals surface area contributed by atoms with Gasteiger partial charge in [0.1, 0.15) is 11.5 Å². The Balaban J connectivity index is 2.06. The lowest BCUT2D eigenvalue weighted by Gasteiger charge is -2.20. The fraction of sp³-hybridized carbons (Fsp3) is 0.333. The van der Waals surface area contributed by atoms with Crippen molar-refractivity contribution in [1.29, 1.82) is 0 Å². The predicted molar refractivity (Wildman–Crippen MR) is 67.3 cm³/mol. The molecular weight excluding hydrogens is 228 g/mol. The molecule has 2 aliphatic carbocycles. The summed E-state index contributed by atoms with van der Waals surface area (Å²) in [5, 5.41) is 10.2. The number of benzene rings is 1. The van der Waals surface area contributed by atoms with Crippen LogP contribution in [-0.2, 0) is 4.79 Å². The monoisotopic (exact) mass is 242 g/mol. The summed E-state index contributed by atoms with van der Waals surface area (Å²) in [5.41, 5.74) is 1.40. The number of ketones is 2. The summed E-state index contributed by atoms with van der Waals surface area (Å²) in [6.07, 6.45) is 3.03. The predicted octanol–water partition coefficient (Wildman–Crippen LogP) is 2.91. The molecule has 18 heavy (non-hydrogen) atoms. The van der Waals surface area contributed by atoms with Crippen molar-refractivity contribution in [3.8, 4) is 0 Å². The number of carbonyl (C=O) groups excluding carboxylic acids is 2. The number of aliphatic hydroxyl groups excluding tert-OH is 1. The van der Waals surface area contributed by atoms with Crippen LogP contribution in [0.5, 0.6) is 0 Å². The Kier molecular flexibility index (Phi) is 2.54. The fourth-order valence-corrected chi connectivity index (χ4v) is 2.90. The minimum atomic E-state index is -0.404. The lowest BCUT2D eigenvalue weighted by Crippen LogP contribution is -2.24. The standard InChI is InChI=1S/C15H14O3/c16-12-8-4-3-7-11(12)13-14(17)9-5-1-2-6-10(9)15(13)18/h1-2,5-6,11,17H,3-4,7-8H2. The molecule has 1 aromatic carbocycles. The largest absolute Gasteiger partial charge is 0.507 e. The molecule has 0 amide bonds. The van der Waals surface area contributed by atoms with Crippen molar-refractivity contribution in [1.82, 2.24) is 0 Å². The fourth-order valence-electron chi connectivity index (χ4n) is 2.90. The average molecular weight is 242 g/mol. The molecule has 0 spiro atoms. The molecule has 3 nitrogen and oxygen atoms in total. The number of hydrogen-bond donors (Lipinski definition) is 1. The maximum absolute atomic E-state index is 12.3. The molecule has 92 valence electrons. The third kappa shape index (κ3) is 1.50. The molecule has 2 aliphatic rings. The molecule has 1 saturated carbocycles. The number of hydrogen-bond acceptors (Lipinski definition) is 3. The van der Waals surface area contributed by atoms with E-state index in [4.69, 9.17) is 0 Å². The molecule has 1 aromatic rings. The van der Waals surface area contributed by atoms with Gasteiger partial charge in [0.2, 0.25) is 0 Å². The van der Waals surface area contributed by atoms with Crippen LogP contribution in [0.4, 0.5) is 0 Å². The van der Waals surface area contributed by atoms with Gasteiger partial charge in [-0.1, -0.05) is 30.7 Å². The first-order chi connectivity index (χ1) is 8.70. The van der Waals surface area contributed by atoms with E-state index in [0.29, 0.717) is 29.5 Å². The van der Waals surface area contributed by atoms with Crippen molar-refractivity contribution >= 4 is 17.3 Å². The molecule has 3 heteroatoms. The molecule has 0 aromatic heterocycles. The van der Waals surface area contributed by atoms with E-state index in [0.717, 1.165) is 12.8 Å². The molecule has 0 bridgehead atoms. The second-order valence-electron chi connectivity index (χ2n) is 4.90. The number of carbonyl (C=O) groups is 2. The molecule has 0 heterocycles. The molecular formula is C15H14O3. The molecule has 1 unspecified atom stereocenters. The third-order valence-corrected chi connectivity index (χ3v) is 3.83. The molecule has 0 aliphatic heterocycles. The van der Waals surface area contributed by atoms with Crippen LogP contribution < -0.4 is 0 Å². The second-order valence-corrected chi connectivity index (χ2v) is 4.90. The molecule has 1 fully saturated rings. The van der Waals surface area contributed by atoms with Crippen molar-refractivity contribution in [2.24, 2.45) is 5.92 Å². The Morgan fingerprint density at radius 3 is 2.44 bits per heavy atom. The van der Waals surface area contributed by atoms with Gasteiger partial charge in [-0.05, 0) is 12.8 Å². The molecule has 0 radical (unpaired) electrons. The van der Waals surface area contributed by atoms with Gasteiger partial charge in [-0.15, -0.1) is 0 Å². The zero-order chi connectivity index (χ0) is 12.7. The topological polar surface area (TPSA) is 54.4 Å². The SMILES string of the molecule is O=C1C(C2CCCCC2=O)=C(O)c2ccccc21. The second kappa shape index (κ2) is 4.09.